The number of nitrogens with one attached hydrogen (secondary N) is 7. The SMILES string of the molecule is NCCCC[C@H](NC(=O)[C@@H]1CCCN1C(=O)[C@@H]1CSSC[C@H](N)C(=O)N[C@@H](Cc2ccc(O)cc2)C(=O)N[C@@H](CC2=CCC=CC2)C(=O)N[C@@H](CCC(N)=O)C(=O)N[C@@H](CC(N)=O)C(=O)N1)C(=O)NCC(N)=O. The number of unbranched alkanes of at least 4 members (excludes halogenated alkanes) is 1. The number of primary amides is 3. The van der Waals surface area contributed by atoms with Crippen molar-refractivity contribution in [2.24, 2.45) is 28.7 Å². The Kier molecular flexibility index (Phi) is 24.0. The minimum Gasteiger partial charge on any atom is -0.508 e. The van der Waals surface area contributed by atoms with Crippen molar-refractivity contribution < 1.29 is 57.8 Å². The third-order valence-electron chi connectivity index (χ3n) is 11.9. The van der Waals surface area contributed by atoms with Crippen molar-refractivity contribution in [2.45, 2.75) is 125 Å². The number of benzene rings is 1. The lowest BCUT2D eigenvalue weighted by molar-refractivity contribution is -0.142. The number of hydrogen-bond donors (Lipinski definition) is 13. The number of hydrogen-bond acceptors (Lipinski definition) is 16. The van der Waals surface area contributed by atoms with Crippen molar-refractivity contribution in [3.63, 3.8) is 0 Å². The Hall–Kier alpha value is -6.71. The van der Waals surface area contributed by atoms with Gasteiger partial charge in [0.25, 0.3) is 0 Å². The Morgan fingerprint density at radius 1 is 0.753 bits per heavy atom. The van der Waals surface area contributed by atoms with Crippen LogP contribution in [-0.4, -0.2) is 154 Å². The van der Waals surface area contributed by atoms with E-state index in [1.807, 2.05) is 18.2 Å². The topological polar surface area (TPSA) is 426 Å². The molecule has 4 rings (SSSR count). The number of likely N-dealkylation sites (tertiary alicyclic amines) is 1. The zero-order chi connectivity index (χ0) is 53.6. The molecule has 2 aliphatic heterocycles. The van der Waals surface area contributed by atoms with Crippen LogP contribution < -0.4 is 65.9 Å². The third kappa shape index (κ3) is 19.7. The van der Waals surface area contributed by atoms with E-state index in [1.165, 1.54) is 29.2 Å². The number of rotatable bonds is 19. The Balaban J connectivity index is 1.71. The molecule has 73 heavy (non-hydrogen) atoms. The smallest absolute Gasteiger partial charge is 0.246 e. The molecule has 2 fully saturated rings. The van der Waals surface area contributed by atoms with Crippen LogP contribution in [0, 0.1) is 0 Å². The lowest BCUT2D eigenvalue weighted by atomic mass is 9.97. The number of amides is 11. The first-order chi connectivity index (χ1) is 34.8. The maximum Gasteiger partial charge on any atom is 0.246 e. The van der Waals surface area contributed by atoms with Gasteiger partial charge in [0.05, 0.1) is 19.0 Å². The highest BCUT2D eigenvalue weighted by Gasteiger charge is 2.40. The second-order valence-corrected chi connectivity index (χ2v) is 20.3. The van der Waals surface area contributed by atoms with Gasteiger partial charge < -0.3 is 75.9 Å². The molecule has 27 heteroatoms. The number of nitrogens with two attached hydrogens (primary N) is 5. The Morgan fingerprint density at radius 3 is 2.03 bits per heavy atom. The first-order valence-corrected chi connectivity index (χ1v) is 26.3. The summed E-state index contributed by atoms with van der Waals surface area (Å²) in [4.78, 5) is 149. The fraction of sp³-hybridized carbons (Fsp3) is 0.543. The number of carbonyl (C=O) groups excluding carboxylic acids is 11. The van der Waals surface area contributed by atoms with Gasteiger partial charge in [-0.1, -0.05) is 57.5 Å². The summed E-state index contributed by atoms with van der Waals surface area (Å²) in [5.74, 6) is -9.88. The van der Waals surface area contributed by atoms with E-state index >= 15 is 0 Å². The Morgan fingerprint density at radius 2 is 1.38 bits per heavy atom. The van der Waals surface area contributed by atoms with Gasteiger partial charge in [-0.2, -0.15) is 0 Å². The molecule has 0 radical (unpaired) electrons. The molecule has 0 aromatic heterocycles. The summed E-state index contributed by atoms with van der Waals surface area (Å²) in [6.07, 6.45) is 6.37. The summed E-state index contributed by atoms with van der Waals surface area (Å²) in [6, 6.07) is -5.23. The van der Waals surface area contributed by atoms with E-state index in [4.69, 9.17) is 28.7 Å². The zero-order valence-electron chi connectivity index (χ0n) is 40.3. The van der Waals surface area contributed by atoms with Gasteiger partial charge in [0.2, 0.25) is 65.0 Å². The molecule has 2 saturated heterocycles. The standard InChI is InChI=1S/C46H67N13O12S2/c47-17-5-4-9-29(40(65)52-22-38(51)63)54-45(70)35-10-6-18-59(35)46(71)34-24-73-72-23-28(48)39(64)55-31(20-26-11-13-27(60)14-12-26)43(68)56-32(19-25-7-2-1-3-8-25)42(67)53-30(15-16-36(49)61)41(66)57-33(21-37(50)62)44(69)58-34/h1-2,8,11-14,28-35,60H,3-7,9-10,15-24,47-48H2,(H2,49,61)(H2,50,62)(H2,51,63)(H,52,65)(H,53,67)(H,54,70)(H,55,64)(H,56,68)(H,57,66)(H,58,69)/t28-,29-,30-,31-,32-,33-,34-,35-/m0/s1. The molecule has 11 amide bonds. The van der Waals surface area contributed by atoms with E-state index < -0.39 is 139 Å². The summed E-state index contributed by atoms with van der Waals surface area (Å²) in [6.45, 7) is -0.140. The minimum atomic E-state index is -1.77. The molecule has 0 spiro atoms. The molecule has 1 aromatic rings. The summed E-state index contributed by atoms with van der Waals surface area (Å²) in [7, 11) is 2.04. The normalized spacial score (nSPS) is 24.0. The number of carbonyl (C=O) groups is 11. The summed E-state index contributed by atoms with van der Waals surface area (Å²) >= 11 is 0. The van der Waals surface area contributed by atoms with Gasteiger partial charge in [-0.25, -0.2) is 0 Å². The largest absolute Gasteiger partial charge is 0.508 e. The first kappa shape index (κ1) is 58.9. The molecule has 0 bridgehead atoms. The first-order valence-electron chi connectivity index (χ1n) is 23.8. The van der Waals surface area contributed by atoms with Crippen LogP contribution in [0.2, 0.25) is 0 Å². The van der Waals surface area contributed by atoms with Crippen molar-refractivity contribution in [2.75, 3.05) is 31.1 Å². The molecule has 1 aromatic carbocycles. The molecule has 0 unspecified atom stereocenters. The molecule has 400 valence electrons. The summed E-state index contributed by atoms with van der Waals surface area (Å²) in [5, 5.41) is 27.8. The molecule has 8 atom stereocenters. The summed E-state index contributed by atoms with van der Waals surface area (Å²) < 4.78 is 0. The van der Waals surface area contributed by atoms with Crippen LogP contribution in [0.25, 0.3) is 0 Å². The van der Waals surface area contributed by atoms with Crippen molar-refractivity contribution in [3.8, 4) is 5.75 Å². The van der Waals surface area contributed by atoms with Crippen LogP contribution in [0.15, 0.2) is 48.1 Å². The average Bonchev–Trinajstić information content (AvgIpc) is 3.85. The van der Waals surface area contributed by atoms with E-state index in [9.17, 15) is 57.8 Å². The minimum absolute atomic E-state index is 0.0361. The second-order valence-electron chi connectivity index (χ2n) is 17.7. The number of nitrogens with zero attached hydrogens (tertiary/aromatic N) is 1. The Bertz CT molecular complexity index is 2250. The number of aromatic hydroxyl groups is 1. The van der Waals surface area contributed by atoms with Gasteiger partial charge >= 0.3 is 0 Å². The number of allylic oxidation sites excluding steroid dienone is 3. The van der Waals surface area contributed by atoms with Crippen LogP contribution in [0.4, 0.5) is 0 Å². The molecule has 3 aliphatic rings. The average molecular weight is 1060 g/mol. The molecule has 0 saturated carbocycles. The van der Waals surface area contributed by atoms with Gasteiger partial charge in [-0.15, -0.1) is 0 Å². The van der Waals surface area contributed by atoms with Gasteiger partial charge in [0, 0.05) is 30.9 Å². The van der Waals surface area contributed by atoms with E-state index in [-0.39, 0.29) is 49.5 Å². The monoisotopic (exact) mass is 1060 g/mol. The van der Waals surface area contributed by atoms with Crippen LogP contribution in [-0.2, 0) is 59.2 Å². The molecular weight excluding hydrogens is 991 g/mol. The van der Waals surface area contributed by atoms with Gasteiger partial charge in [-0.05, 0) is 82.0 Å². The fourth-order valence-corrected chi connectivity index (χ4v) is 10.3. The molecule has 2 heterocycles. The fourth-order valence-electron chi connectivity index (χ4n) is 8.02. The lowest BCUT2D eigenvalue weighted by Gasteiger charge is -2.31. The number of phenolic OH excluding ortho intramolecular Hbond substituents is 1. The van der Waals surface area contributed by atoms with Crippen molar-refractivity contribution in [1.29, 1.82) is 0 Å². The molecule has 25 nitrogen and oxygen atoms in total. The third-order valence-corrected chi connectivity index (χ3v) is 14.4. The predicted molar refractivity (Wildman–Crippen MR) is 269 cm³/mol. The highest BCUT2D eigenvalue weighted by Crippen LogP contribution is 2.26. The van der Waals surface area contributed by atoms with Crippen LogP contribution in [0.3, 0.4) is 0 Å². The van der Waals surface area contributed by atoms with E-state index in [0.717, 1.165) is 27.2 Å². The Labute approximate surface area is 429 Å². The molecule has 18 N–H and O–H groups in total. The van der Waals surface area contributed by atoms with Crippen LogP contribution in [0.5, 0.6) is 5.75 Å². The lowest BCUT2D eigenvalue weighted by Crippen LogP contribution is -2.61. The van der Waals surface area contributed by atoms with Gasteiger partial charge in [-0.3, -0.25) is 52.7 Å². The maximum absolute atomic E-state index is 14.6. The van der Waals surface area contributed by atoms with E-state index in [0.29, 0.717) is 44.2 Å². The van der Waals surface area contributed by atoms with E-state index in [2.05, 4.69) is 37.2 Å². The highest BCUT2D eigenvalue weighted by molar-refractivity contribution is 8.76. The van der Waals surface area contributed by atoms with Crippen molar-refractivity contribution in [3.05, 3.63) is 53.6 Å². The number of phenols is 1. The molecular formula is C46H67N13O12S2. The van der Waals surface area contributed by atoms with E-state index in [1.54, 1.807) is 0 Å². The maximum atomic E-state index is 14.6. The second kappa shape index (κ2) is 29.7. The van der Waals surface area contributed by atoms with Gasteiger partial charge in [0.15, 0.2) is 0 Å². The molecule has 1 aliphatic carbocycles. The van der Waals surface area contributed by atoms with Gasteiger partial charge in [0.1, 0.15) is 48.0 Å². The summed E-state index contributed by atoms with van der Waals surface area (Å²) in [5.41, 5.74) is 29.4. The van der Waals surface area contributed by atoms with Crippen molar-refractivity contribution >= 4 is 86.6 Å². The van der Waals surface area contributed by atoms with Crippen molar-refractivity contribution in [1.82, 2.24) is 42.1 Å². The predicted octanol–water partition coefficient (Wildman–Crippen LogP) is -3.91. The quantitative estimate of drug-likeness (QED) is 0.0358. The van der Waals surface area contributed by atoms with Crippen LogP contribution in [0.1, 0.15) is 76.2 Å². The van der Waals surface area contributed by atoms with Crippen LogP contribution >= 0.6 is 21.6 Å². The zero-order valence-corrected chi connectivity index (χ0v) is 41.9. The highest BCUT2D eigenvalue weighted by atomic mass is 33.1.